The predicted molar refractivity (Wildman–Crippen MR) is 90.9 cm³/mol. The highest BCUT2D eigenvalue weighted by molar-refractivity contribution is 5.74. The molecule has 0 radical (unpaired) electrons. The molecule has 0 atom stereocenters. The standard InChI is InChI=1S/C16H27N5O2/c1-22-14-3-4-15(23-10-2-5-17)13(11-14)12-20-6-8-21(9-7-20)16(18)19/h3-4,11H,2,5-10,12,17H2,1H3,(H3,18,19). The van der Waals surface area contributed by atoms with Crippen LogP contribution in [0.25, 0.3) is 0 Å². The molecule has 7 nitrogen and oxygen atoms in total. The zero-order valence-corrected chi connectivity index (χ0v) is 13.8. The summed E-state index contributed by atoms with van der Waals surface area (Å²) in [6, 6.07) is 5.89. The van der Waals surface area contributed by atoms with Crippen molar-refractivity contribution >= 4 is 5.96 Å². The third kappa shape index (κ3) is 5.01. The molecule has 1 aromatic rings. The molecule has 128 valence electrons. The molecule has 0 unspecified atom stereocenters. The van der Waals surface area contributed by atoms with Gasteiger partial charge in [0.15, 0.2) is 5.96 Å². The third-order valence-electron chi connectivity index (χ3n) is 3.98. The second-order valence-corrected chi connectivity index (χ2v) is 5.61. The summed E-state index contributed by atoms with van der Waals surface area (Å²) in [5.74, 6) is 1.86. The van der Waals surface area contributed by atoms with E-state index in [1.54, 1.807) is 7.11 Å². The van der Waals surface area contributed by atoms with Crippen LogP contribution in [-0.4, -0.2) is 62.2 Å². The zero-order valence-electron chi connectivity index (χ0n) is 13.8. The van der Waals surface area contributed by atoms with E-state index in [1.807, 2.05) is 23.1 Å². The molecule has 1 fully saturated rings. The molecule has 0 aliphatic carbocycles. The molecule has 0 bridgehead atoms. The van der Waals surface area contributed by atoms with Crippen molar-refractivity contribution in [3.05, 3.63) is 23.8 Å². The Labute approximate surface area is 137 Å². The number of benzene rings is 1. The Morgan fingerprint density at radius 2 is 2.00 bits per heavy atom. The Morgan fingerprint density at radius 1 is 1.26 bits per heavy atom. The molecule has 1 saturated heterocycles. The van der Waals surface area contributed by atoms with Crippen LogP contribution < -0.4 is 20.9 Å². The number of ether oxygens (including phenoxy) is 2. The number of methoxy groups -OCH3 is 1. The molecule has 1 aliphatic rings. The van der Waals surface area contributed by atoms with Crippen molar-refractivity contribution in [2.45, 2.75) is 13.0 Å². The van der Waals surface area contributed by atoms with Crippen LogP contribution in [0.3, 0.4) is 0 Å². The first-order chi connectivity index (χ1) is 11.1. The van der Waals surface area contributed by atoms with Crippen LogP contribution in [0.1, 0.15) is 12.0 Å². The van der Waals surface area contributed by atoms with Gasteiger partial charge in [-0.25, -0.2) is 0 Å². The Kier molecular flexibility index (Phi) is 6.49. The second-order valence-electron chi connectivity index (χ2n) is 5.61. The lowest BCUT2D eigenvalue weighted by Crippen LogP contribution is -2.50. The molecule has 1 aliphatic heterocycles. The first-order valence-corrected chi connectivity index (χ1v) is 7.95. The number of rotatable bonds is 7. The quantitative estimate of drug-likeness (QED) is 0.383. The lowest BCUT2D eigenvalue weighted by Gasteiger charge is -2.35. The fourth-order valence-electron chi connectivity index (χ4n) is 2.60. The Bertz CT molecular complexity index is 515. The van der Waals surface area contributed by atoms with E-state index < -0.39 is 0 Å². The first-order valence-electron chi connectivity index (χ1n) is 7.95. The van der Waals surface area contributed by atoms with Gasteiger partial charge in [-0.15, -0.1) is 0 Å². The molecule has 0 amide bonds. The molecule has 2 rings (SSSR count). The van der Waals surface area contributed by atoms with Crippen molar-refractivity contribution in [3.8, 4) is 11.5 Å². The van der Waals surface area contributed by atoms with Gasteiger partial charge in [0.25, 0.3) is 0 Å². The first kappa shape index (κ1) is 17.4. The summed E-state index contributed by atoms with van der Waals surface area (Å²) in [4.78, 5) is 4.23. The molecular weight excluding hydrogens is 294 g/mol. The van der Waals surface area contributed by atoms with Crippen LogP contribution in [0.5, 0.6) is 11.5 Å². The van der Waals surface area contributed by atoms with E-state index in [4.69, 9.17) is 26.4 Å². The summed E-state index contributed by atoms with van der Waals surface area (Å²) in [5, 5.41) is 7.50. The van der Waals surface area contributed by atoms with Crippen LogP contribution in [0.15, 0.2) is 18.2 Å². The average molecular weight is 321 g/mol. The van der Waals surface area contributed by atoms with Crippen molar-refractivity contribution in [2.24, 2.45) is 11.5 Å². The van der Waals surface area contributed by atoms with Gasteiger partial charge >= 0.3 is 0 Å². The SMILES string of the molecule is COc1ccc(OCCCN)c(CN2CCN(C(=N)N)CC2)c1. The molecule has 1 aromatic carbocycles. The van der Waals surface area contributed by atoms with E-state index in [2.05, 4.69) is 4.90 Å². The third-order valence-corrected chi connectivity index (χ3v) is 3.98. The van der Waals surface area contributed by atoms with Gasteiger partial charge in [-0.2, -0.15) is 0 Å². The van der Waals surface area contributed by atoms with Crippen LogP contribution in [0.4, 0.5) is 0 Å². The van der Waals surface area contributed by atoms with Gasteiger partial charge in [0.05, 0.1) is 13.7 Å². The summed E-state index contributed by atoms with van der Waals surface area (Å²) in [7, 11) is 1.67. The van der Waals surface area contributed by atoms with Gasteiger partial charge in [-0.05, 0) is 31.2 Å². The highest BCUT2D eigenvalue weighted by Crippen LogP contribution is 2.26. The number of guanidine groups is 1. The molecule has 1 heterocycles. The number of nitrogens with zero attached hydrogens (tertiary/aromatic N) is 2. The fourth-order valence-corrected chi connectivity index (χ4v) is 2.60. The molecular formula is C16H27N5O2. The summed E-state index contributed by atoms with van der Waals surface area (Å²) in [6.45, 7) is 5.34. The van der Waals surface area contributed by atoms with E-state index in [0.29, 0.717) is 13.2 Å². The van der Waals surface area contributed by atoms with Crippen LogP contribution in [0.2, 0.25) is 0 Å². The maximum Gasteiger partial charge on any atom is 0.188 e. The molecule has 0 spiro atoms. The normalized spacial score (nSPS) is 15.5. The Morgan fingerprint density at radius 3 is 2.61 bits per heavy atom. The second kappa shape index (κ2) is 8.59. The van der Waals surface area contributed by atoms with E-state index >= 15 is 0 Å². The summed E-state index contributed by atoms with van der Waals surface area (Å²) in [5.41, 5.74) is 12.2. The van der Waals surface area contributed by atoms with Crippen molar-refractivity contribution in [3.63, 3.8) is 0 Å². The van der Waals surface area contributed by atoms with Crippen LogP contribution >= 0.6 is 0 Å². The lowest BCUT2D eigenvalue weighted by molar-refractivity contribution is 0.171. The highest BCUT2D eigenvalue weighted by atomic mass is 16.5. The molecule has 7 heteroatoms. The highest BCUT2D eigenvalue weighted by Gasteiger charge is 2.19. The number of piperazine rings is 1. The number of hydrogen-bond donors (Lipinski definition) is 3. The van der Waals surface area contributed by atoms with Crippen LogP contribution in [0, 0.1) is 5.41 Å². The lowest BCUT2D eigenvalue weighted by atomic mass is 10.1. The summed E-state index contributed by atoms with van der Waals surface area (Å²) < 4.78 is 11.2. The zero-order chi connectivity index (χ0) is 16.7. The molecule has 0 aromatic heterocycles. The van der Waals surface area contributed by atoms with Crippen LogP contribution in [-0.2, 0) is 6.54 Å². The number of hydrogen-bond acceptors (Lipinski definition) is 5. The largest absolute Gasteiger partial charge is 0.497 e. The Hall–Kier alpha value is -1.99. The molecule has 0 saturated carbocycles. The predicted octanol–water partition coefficient (Wildman–Crippen LogP) is 0.434. The monoisotopic (exact) mass is 321 g/mol. The Balaban J connectivity index is 2.00. The van der Waals surface area contributed by atoms with E-state index in [1.165, 1.54) is 0 Å². The van der Waals surface area contributed by atoms with E-state index in [-0.39, 0.29) is 5.96 Å². The van der Waals surface area contributed by atoms with Gasteiger partial charge in [-0.1, -0.05) is 0 Å². The smallest absolute Gasteiger partial charge is 0.188 e. The van der Waals surface area contributed by atoms with Crippen molar-refractivity contribution in [1.82, 2.24) is 9.80 Å². The van der Waals surface area contributed by atoms with Gasteiger partial charge in [0.2, 0.25) is 0 Å². The summed E-state index contributed by atoms with van der Waals surface area (Å²) in [6.07, 6.45) is 0.836. The minimum absolute atomic E-state index is 0.150. The number of nitrogens with two attached hydrogens (primary N) is 2. The maximum atomic E-state index is 7.50. The average Bonchev–Trinajstić information content (AvgIpc) is 2.56. The minimum Gasteiger partial charge on any atom is -0.497 e. The van der Waals surface area contributed by atoms with Crippen molar-refractivity contribution < 1.29 is 9.47 Å². The van der Waals surface area contributed by atoms with Gasteiger partial charge < -0.3 is 25.8 Å². The molecule has 23 heavy (non-hydrogen) atoms. The van der Waals surface area contributed by atoms with Gasteiger partial charge in [-0.3, -0.25) is 10.3 Å². The summed E-state index contributed by atoms with van der Waals surface area (Å²) >= 11 is 0. The minimum atomic E-state index is 0.150. The van der Waals surface area contributed by atoms with Gasteiger partial charge in [0, 0.05) is 38.3 Å². The van der Waals surface area contributed by atoms with Crippen molar-refractivity contribution in [2.75, 3.05) is 46.4 Å². The maximum absolute atomic E-state index is 7.50. The van der Waals surface area contributed by atoms with Gasteiger partial charge in [0.1, 0.15) is 11.5 Å². The van der Waals surface area contributed by atoms with E-state index in [0.717, 1.165) is 56.2 Å². The van der Waals surface area contributed by atoms with Crippen molar-refractivity contribution in [1.29, 1.82) is 5.41 Å². The molecule has 5 N–H and O–H groups in total. The van der Waals surface area contributed by atoms with E-state index in [9.17, 15) is 0 Å². The topological polar surface area (TPSA) is 101 Å². The number of nitrogens with one attached hydrogen (secondary N) is 1. The fraction of sp³-hybridized carbons (Fsp3) is 0.562.